The Bertz CT molecular complexity index is 1370. The van der Waals surface area contributed by atoms with Gasteiger partial charge in [0.2, 0.25) is 5.91 Å². The van der Waals surface area contributed by atoms with Crippen LogP contribution in [0.15, 0.2) is 66.4 Å². The van der Waals surface area contributed by atoms with Crippen LogP contribution in [0.3, 0.4) is 0 Å². The predicted molar refractivity (Wildman–Crippen MR) is 137 cm³/mol. The molecule has 3 aromatic carbocycles. The second kappa shape index (κ2) is 11.1. The molecule has 0 spiro atoms. The third kappa shape index (κ3) is 6.25. The Morgan fingerprint density at radius 3 is 2.49 bits per heavy atom. The summed E-state index contributed by atoms with van der Waals surface area (Å²) in [4.78, 5) is 38.4. The number of methoxy groups -OCH3 is 1. The topological polar surface area (TPSA) is 97.0 Å². The maximum absolute atomic E-state index is 13.1. The lowest BCUT2D eigenvalue weighted by molar-refractivity contribution is -0.127. The molecule has 0 radical (unpaired) electrons. The fourth-order valence-corrected chi connectivity index (χ4v) is 3.84. The minimum Gasteiger partial charge on any atom is -0.493 e. The standard InChI is InChI=1S/C27H23ClFN3O5/c1-16-3-9-20(10-4-16)30-24(33)14-32-26(34)22(31-27(32)35)12-18-11-21(28)25(23(13-18)36-2)37-15-17-5-7-19(29)8-6-17/h3-13H,14-15H2,1-2H3,(H,30,33)(H,31,35)/b22-12+. The number of imide groups is 1. The van der Waals surface area contributed by atoms with Gasteiger partial charge in [-0.15, -0.1) is 0 Å². The zero-order valence-electron chi connectivity index (χ0n) is 20.0. The molecule has 10 heteroatoms. The molecular weight excluding hydrogens is 501 g/mol. The fourth-order valence-electron chi connectivity index (χ4n) is 3.56. The van der Waals surface area contributed by atoms with Crippen molar-refractivity contribution in [2.75, 3.05) is 19.0 Å². The van der Waals surface area contributed by atoms with Crippen molar-refractivity contribution < 1.29 is 28.2 Å². The van der Waals surface area contributed by atoms with E-state index in [4.69, 9.17) is 21.1 Å². The van der Waals surface area contributed by atoms with Crippen LogP contribution in [0.2, 0.25) is 5.02 Å². The highest BCUT2D eigenvalue weighted by atomic mass is 35.5. The van der Waals surface area contributed by atoms with Gasteiger partial charge in [0.25, 0.3) is 5.91 Å². The van der Waals surface area contributed by atoms with Crippen molar-refractivity contribution in [3.05, 3.63) is 93.9 Å². The van der Waals surface area contributed by atoms with Gasteiger partial charge in [0.15, 0.2) is 11.5 Å². The van der Waals surface area contributed by atoms with Crippen LogP contribution in [0, 0.1) is 12.7 Å². The summed E-state index contributed by atoms with van der Waals surface area (Å²) in [6.07, 6.45) is 1.43. The number of anilines is 1. The highest BCUT2D eigenvalue weighted by Crippen LogP contribution is 2.37. The van der Waals surface area contributed by atoms with Crippen LogP contribution in [0.5, 0.6) is 11.5 Å². The van der Waals surface area contributed by atoms with E-state index in [0.717, 1.165) is 16.0 Å². The molecule has 1 aliphatic heterocycles. The smallest absolute Gasteiger partial charge is 0.329 e. The number of halogens is 2. The number of nitrogens with one attached hydrogen (secondary N) is 2. The maximum atomic E-state index is 13.1. The molecule has 0 aromatic heterocycles. The number of hydrogen-bond donors (Lipinski definition) is 2. The first-order valence-corrected chi connectivity index (χ1v) is 11.6. The number of benzene rings is 3. The third-order valence-electron chi connectivity index (χ3n) is 5.46. The highest BCUT2D eigenvalue weighted by Gasteiger charge is 2.35. The molecule has 4 amide bonds. The van der Waals surface area contributed by atoms with Gasteiger partial charge >= 0.3 is 6.03 Å². The molecule has 4 rings (SSSR count). The zero-order chi connectivity index (χ0) is 26.5. The summed E-state index contributed by atoms with van der Waals surface area (Å²) in [7, 11) is 1.43. The Kier molecular flexibility index (Phi) is 7.74. The second-order valence-electron chi connectivity index (χ2n) is 8.24. The van der Waals surface area contributed by atoms with Crippen molar-refractivity contribution in [3.63, 3.8) is 0 Å². The van der Waals surface area contributed by atoms with E-state index in [2.05, 4.69) is 10.6 Å². The molecule has 1 aliphatic rings. The number of rotatable bonds is 8. The van der Waals surface area contributed by atoms with Crippen molar-refractivity contribution in [2.24, 2.45) is 0 Å². The Hall–Kier alpha value is -4.37. The van der Waals surface area contributed by atoms with Gasteiger partial charge in [-0.3, -0.25) is 9.59 Å². The van der Waals surface area contributed by atoms with Crippen LogP contribution in [0.25, 0.3) is 6.08 Å². The summed E-state index contributed by atoms with van der Waals surface area (Å²) in [5.41, 5.74) is 2.77. The summed E-state index contributed by atoms with van der Waals surface area (Å²) < 4.78 is 24.3. The number of nitrogens with zero attached hydrogens (tertiary/aromatic N) is 1. The van der Waals surface area contributed by atoms with E-state index < -0.39 is 24.4 Å². The Morgan fingerprint density at radius 1 is 1.11 bits per heavy atom. The molecule has 0 aliphatic carbocycles. The molecular formula is C27H23ClFN3O5. The molecule has 1 saturated heterocycles. The number of hydrogen-bond acceptors (Lipinski definition) is 5. The number of carbonyl (C=O) groups excluding carboxylic acids is 3. The van der Waals surface area contributed by atoms with Crippen molar-refractivity contribution >= 4 is 41.2 Å². The number of amides is 4. The quantitative estimate of drug-likeness (QED) is 0.323. The van der Waals surface area contributed by atoms with Gasteiger partial charge in [0, 0.05) is 5.69 Å². The van der Waals surface area contributed by atoms with Gasteiger partial charge < -0.3 is 20.1 Å². The van der Waals surface area contributed by atoms with E-state index in [1.807, 2.05) is 19.1 Å². The molecule has 190 valence electrons. The lowest BCUT2D eigenvalue weighted by atomic mass is 10.1. The van der Waals surface area contributed by atoms with Crippen LogP contribution in [-0.2, 0) is 16.2 Å². The lowest BCUT2D eigenvalue weighted by Crippen LogP contribution is -2.38. The maximum Gasteiger partial charge on any atom is 0.329 e. The number of ether oxygens (including phenoxy) is 2. The Labute approximate surface area is 217 Å². The summed E-state index contributed by atoms with van der Waals surface area (Å²) in [6, 6.07) is 15.4. The second-order valence-corrected chi connectivity index (χ2v) is 8.65. The SMILES string of the molecule is COc1cc(/C=C2/NC(=O)N(CC(=O)Nc3ccc(C)cc3)C2=O)cc(Cl)c1OCc1ccc(F)cc1. The van der Waals surface area contributed by atoms with Crippen LogP contribution in [-0.4, -0.2) is 36.4 Å². The van der Waals surface area contributed by atoms with Crippen LogP contribution in [0.1, 0.15) is 16.7 Å². The molecule has 1 fully saturated rings. The van der Waals surface area contributed by atoms with E-state index in [9.17, 15) is 18.8 Å². The van der Waals surface area contributed by atoms with Crippen molar-refractivity contribution in [3.8, 4) is 11.5 Å². The minimum atomic E-state index is -0.715. The third-order valence-corrected chi connectivity index (χ3v) is 5.74. The molecule has 0 saturated carbocycles. The predicted octanol–water partition coefficient (Wildman–Crippen LogP) is 4.91. The summed E-state index contributed by atoms with van der Waals surface area (Å²) in [5, 5.41) is 5.34. The van der Waals surface area contributed by atoms with E-state index in [1.165, 1.54) is 25.3 Å². The van der Waals surface area contributed by atoms with Gasteiger partial charge in [-0.05, 0) is 60.5 Å². The summed E-state index contributed by atoms with van der Waals surface area (Å²) in [5.74, 6) is -0.952. The van der Waals surface area contributed by atoms with Crippen LogP contribution < -0.4 is 20.1 Å². The van der Waals surface area contributed by atoms with E-state index in [-0.39, 0.29) is 28.9 Å². The van der Waals surface area contributed by atoms with Gasteiger partial charge in [-0.25, -0.2) is 14.1 Å². The first kappa shape index (κ1) is 25.7. The molecule has 37 heavy (non-hydrogen) atoms. The number of aryl methyl sites for hydroxylation is 1. The number of urea groups is 1. The van der Waals surface area contributed by atoms with Gasteiger partial charge in [-0.1, -0.05) is 41.4 Å². The Morgan fingerprint density at radius 2 is 1.81 bits per heavy atom. The van der Waals surface area contributed by atoms with Crippen LogP contribution in [0.4, 0.5) is 14.9 Å². The van der Waals surface area contributed by atoms with E-state index in [1.54, 1.807) is 36.4 Å². The van der Waals surface area contributed by atoms with Gasteiger partial charge in [-0.2, -0.15) is 0 Å². The fraction of sp³-hybridized carbons (Fsp3) is 0.148. The average molecular weight is 524 g/mol. The van der Waals surface area contributed by atoms with Crippen molar-refractivity contribution in [1.82, 2.24) is 10.2 Å². The Balaban J connectivity index is 1.46. The average Bonchev–Trinajstić information content (AvgIpc) is 3.12. The first-order valence-electron chi connectivity index (χ1n) is 11.2. The molecule has 1 heterocycles. The molecule has 2 N–H and O–H groups in total. The van der Waals surface area contributed by atoms with Crippen LogP contribution >= 0.6 is 11.6 Å². The van der Waals surface area contributed by atoms with Gasteiger partial charge in [0.05, 0.1) is 12.1 Å². The summed E-state index contributed by atoms with van der Waals surface area (Å²) >= 11 is 6.41. The van der Waals surface area contributed by atoms with Crippen molar-refractivity contribution in [2.45, 2.75) is 13.5 Å². The molecule has 0 atom stereocenters. The van der Waals surface area contributed by atoms with E-state index >= 15 is 0 Å². The summed E-state index contributed by atoms with van der Waals surface area (Å²) in [6.45, 7) is 1.60. The lowest BCUT2D eigenvalue weighted by Gasteiger charge is -2.14. The highest BCUT2D eigenvalue weighted by molar-refractivity contribution is 6.32. The molecule has 3 aromatic rings. The van der Waals surface area contributed by atoms with E-state index in [0.29, 0.717) is 17.0 Å². The normalized spacial score (nSPS) is 14.1. The van der Waals surface area contributed by atoms with Gasteiger partial charge in [0.1, 0.15) is 24.7 Å². The van der Waals surface area contributed by atoms with Crippen molar-refractivity contribution in [1.29, 1.82) is 0 Å². The largest absolute Gasteiger partial charge is 0.493 e. The number of carbonyl (C=O) groups is 3. The molecule has 0 unspecified atom stereocenters. The zero-order valence-corrected chi connectivity index (χ0v) is 20.8. The molecule has 0 bridgehead atoms. The molecule has 8 nitrogen and oxygen atoms in total. The minimum absolute atomic E-state index is 0.0220. The monoisotopic (exact) mass is 523 g/mol. The first-order chi connectivity index (χ1) is 17.7.